The third-order valence-corrected chi connectivity index (χ3v) is 3.58. The minimum absolute atomic E-state index is 0.147. The average Bonchev–Trinajstić information content (AvgIpc) is 2.26. The van der Waals surface area contributed by atoms with E-state index in [4.69, 9.17) is 0 Å². The van der Waals surface area contributed by atoms with Crippen LogP contribution >= 0.6 is 0 Å². The molecule has 0 radical (unpaired) electrons. The highest BCUT2D eigenvalue weighted by Gasteiger charge is 2.22. The molecule has 0 saturated carbocycles. The van der Waals surface area contributed by atoms with Crippen molar-refractivity contribution >= 4 is 11.8 Å². The molecule has 4 nitrogen and oxygen atoms in total. The van der Waals surface area contributed by atoms with E-state index < -0.39 is 0 Å². The topological polar surface area (TPSA) is 40.6 Å². The summed E-state index contributed by atoms with van der Waals surface area (Å²) in [5.74, 6) is 0.293. The van der Waals surface area contributed by atoms with Crippen molar-refractivity contribution < 1.29 is 9.59 Å². The van der Waals surface area contributed by atoms with Gasteiger partial charge in [-0.2, -0.15) is 0 Å². The molecule has 0 aromatic carbocycles. The zero-order chi connectivity index (χ0) is 16.7. The first kappa shape index (κ1) is 19.9. The van der Waals surface area contributed by atoms with Crippen LogP contribution in [0.3, 0.4) is 0 Å². The first-order valence-corrected chi connectivity index (χ1v) is 8.21. The lowest BCUT2D eigenvalue weighted by molar-refractivity contribution is -0.136. The predicted molar refractivity (Wildman–Crippen MR) is 88.1 cm³/mol. The quantitative estimate of drug-likeness (QED) is 0.688. The van der Waals surface area contributed by atoms with Crippen LogP contribution in [-0.4, -0.2) is 45.8 Å². The highest BCUT2D eigenvalue weighted by Crippen LogP contribution is 2.13. The summed E-state index contributed by atoms with van der Waals surface area (Å²) >= 11 is 0. The molecule has 0 aliphatic heterocycles. The molecule has 0 aliphatic rings. The molecule has 0 aromatic heterocycles. The van der Waals surface area contributed by atoms with Crippen LogP contribution in [0.5, 0.6) is 0 Å². The standard InChI is InChI=1S/C17H34N2O2/c1-12(2)18(13(3)4)16(20)10-9-11-17(21)19(14(5)6)15(7)8/h12-15H,9-11H2,1-8H3. The lowest BCUT2D eigenvalue weighted by Gasteiger charge is -2.32. The summed E-state index contributed by atoms with van der Waals surface area (Å²) in [6.07, 6.45) is 1.53. The second kappa shape index (κ2) is 9.06. The van der Waals surface area contributed by atoms with E-state index in [1.807, 2.05) is 65.2 Å². The number of nitrogens with zero attached hydrogens (tertiary/aromatic N) is 2. The second-order valence-electron chi connectivity index (χ2n) is 6.83. The van der Waals surface area contributed by atoms with Gasteiger partial charge >= 0.3 is 0 Å². The molecule has 4 heteroatoms. The lowest BCUT2D eigenvalue weighted by Crippen LogP contribution is -2.43. The molecule has 21 heavy (non-hydrogen) atoms. The van der Waals surface area contributed by atoms with Gasteiger partial charge in [-0.1, -0.05) is 0 Å². The van der Waals surface area contributed by atoms with Crippen LogP contribution in [0.15, 0.2) is 0 Å². The van der Waals surface area contributed by atoms with E-state index in [0.717, 1.165) is 0 Å². The molecule has 2 amide bonds. The first-order valence-electron chi connectivity index (χ1n) is 8.21. The van der Waals surface area contributed by atoms with Gasteiger partial charge in [0.25, 0.3) is 0 Å². The van der Waals surface area contributed by atoms with E-state index in [1.54, 1.807) is 0 Å². The number of amides is 2. The van der Waals surface area contributed by atoms with E-state index in [0.29, 0.717) is 19.3 Å². The van der Waals surface area contributed by atoms with Crippen molar-refractivity contribution in [2.24, 2.45) is 0 Å². The van der Waals surface area contributed by atoms with Gasteiger partial charge in [-0.15, -0.1) is 0 Å². The van der Waals surface area contributed by atoms with Crippen LogP contribution in [0.1, 0.15) is 74.7 Å². The van der Waals surface area contributed by atoms with Gasteiger partial charge in [-0.25, -0.2) is 0 Å². The summed E-state index contributed by atoms with van der Waals surface area (Å²) < 4.78 is 0. The van der Waals surface area contributed by atoms with Gasteiger partial charge in [0.15, 0.2) is 0 Å². The molecule has 0 unspecified atom stereocenters. The molecular formula is C17H34N2O2. The Balaban J connectivity index is 4.42. The Hall–Kier alpha value is -1.06. The highest BCUT2D eigenvalue weighted by molar-refractivity contribution is 5.79. The summed E-state index contributed by atoms with van der Waals surface area (Å²) in [6, 6.07) is 0.819. The third kappa shape index (κ3) is 6.49. The van der Waals surface area contributed by atoms with E-state index in [9.17, 15) is 9.59 Å². The molecule has 0 rings (SSSR count). The minimum Gasteiger partial charge on any atom is -0.338 e. The molecular weight excluding hydrogens is 264 g/mol. The van der Waals surface area contributed by atoms with Crippen molar-refractivity contribution in [3.8, 4) is 0 Å². The highest BCUT2D eigenvalue weighted by atomic mass is 16.2. The Morgan fingerprint density at radius 1 is 0.619 bits per heavy atom. The van der Waals surface area contributed by atoms with Gasteiger partial charge in [0, 0.05) is 37.0 Å². The zero-order valence-electron chi connectivity index (χ0n) is 15.1. The monoisotopic (exact) mass is 298 g/mol. The number of hydrogen-bond acceptors (Lipinski definition) is 2. The third-order valence-electron chi connectivity index (χ3n) is 3.58. The Morgan fingerprint density at radius 2 is 0.857 bits per heavy atom. The fourth-order valence-electron chi connectivity index (χ4n) is 2.99. The molecule has 0 aromatic rings. The molecule has 0 bridgehead atoms. The minimum atomic E-state index is 0.147. The van der Waals surface area contributed by atoms with Gasteiger partial charge in [-0.3, -0.25) is 9.59 Å². The smallest absolute Gasteiger partial charge is 0.223 e. The van der Waals surface area contributed by atoms with Crippen molar-refractivity contribution in [3.63, 3.8) is 0 Å². The fourth-order valence-corrected chi connectivity index (χ4v) is 2.99. The fraction of sp³-hybridized carbons (Fsp3) is 0.882. The molecule has 0 saturated heterocycles. The Morgan fingerprint density at radius 3 is 1.05 bits per heavy atom. The molecule has 0 heterocycles. The van der Waals surface area contributed by atoms with Gasteiger partial charge in [-0.05, 0) is 61.8 Å². The lowest BCUT2D eigenvalue weighted by atomic mass is 10.1. The summed E-state index contributed by atoms with van der Waals surface area (Å²) in [4.78, 5) is 28.3. The van der Waals surface area contributed by atoms with Crippen LogP contribution < -0.4 is 0 Å². The van der Waals surface area contributed by atoms with Gasteiger partial charge in [0.1, 0.15) is 0 Å². The van der Waals surface area contributed by atoms with Crippen LogP contribution in [0.25, 0.3) is 0 Å². The van der Waals surface area contributed by atoms with Crippen molar-refractivity contribution in [2.75, 3.05) is 0 Å². The number of rotatable bonds is 8. The molecule has 0 N–H and O–H groups in total. The molecule has 0 fully saturated rings. The van der Waals surface area contributed by atoms with E-state index in [2.05, 4.69) is 0 Å². The summed E-state index contributed by atoms with van der Waals surface area (Å²) in [5, 5.41) is 0. The van der Waals surface area contributed by atoms with Crippen LogP contribution in [0, 0.1) is 0 Å². The van der Waals surface area contributed by atoms with Crippen molar-refractivity contribution in [3.05, 3.63) is 0 Å². The first-order chi connectivity index (χ1) is 9.59. The van der Waals surface area contributed by atoms with Crippen LogP contribution in [-0.2, 0) is 9.59 Å². The summed E-state index contributed by atoms with van der Waals surface area (Å²) in [5.41, 5.74) is 0. The average molecular weight is 298 g/mol. The van der Waals surface area contributed by atoms with E-state index in [-0.39, 0.29) is 36.0 Å². The number of hydrogen-bond donors (Lipinski definition) is 0. The Labute approximate surface area is 130 Å². The Kier molecular flexibility index (Phi) is 8.60. The summed E-state index contributed by atoms with van der Waals surface area (Å²) in [7, 11) is 0. The Bertz CT molecular complexity index is 288. The van der Waals surface area contributed by atoms with Crippen molar-refractivity contribution in [2.45, 2.75) is 98.8 Å². The van der Waals surface area contributed by atoms with Crippen molar-refractivity contribution in [1.82, 2.24) is 9.80 Å². The maximum absolute atomic E-state index is 12.2. The number of carbonyl (C=O) groups is 2. The second-order valence-corrected chi connectivity index (χ2v) is 6.83. The van der Waals surface area contributed by atoms with Gasteiger partial charge in [0.05, 0.1) is 0 Å². The molecule has 0 aliphatic carbocycles. The van der Waals surface area contributed by atoms with Gasteiger partial charge < -0.3 is 9.80 Å². The maximum Gasteiger partial charge on any atom is 0.223 e. The number of carbonyl (C=O) groups excluding carboxylic acids is 2. The van der Waals surface area contributed by atoms with E-state index in [1.165, 1.54) is 0 Å². The largest absolute Gasteiger partial charge is 0.338 e. The predicted octanol–water partition coefficient (Wildman–Crippen LogP) is 3.45. The SMILES string of the molecule is CC(C)N(C(=O)CCCC(=O)N(C(C)C)C(C)C)C(C)C. The zero-order valence-corrected chi connectivity index (χ0v) is 15.1. The molecule has 0 atom stereocenters. The molecule has 124 valence electrons. The van der Waals surface area contributed by atoms with Gasteiger partial charge in [0.2, 0.25) is 11.8 Å². The van der Waals surface area contributed by atoms with Crippen LogP contribution in [0.2, 0.25) is 0 Å². The van der Waals surface area contributed by atoms with Crippen molar-refractivity contribution in [1.29, 1.82) is 0 Å². The normalized spacial score (nSPS) is 11.6. The van der Waals surface area contributed by atoms with Crippen LogP contribution in [0.4, 0.5) is 0 Å². The summed E-state index contributed by atoms with van der Waals surface area (Å²) in [6.45, 7) is 16.2. The maximum atomic E-state index is 12.2. The molecule has 0 spiro atoms. The van der Waals surface area contributed by atoms with E-state index >= 15 is 0 Å².